The van der Waals surface area contributed by atoms with E-state index in [2.05, 4.69) is 10.1 Å². The Morgan fingerprint density at radius 2 is 2.33 bits per heavy atom. The van der Waals surface area contributed by atoms with E-state index < -0.39 is 0 Å². The molecule has 1 unspecified atom stereocenters. The summed E-state index contributed by atoms with van der Waals surface area (Å²) in [7, 11) is 1.62. The van der Waals surface area contributed by atoms with Crippen LogP contribution in [0.2, 0.25) is 5.02 Å². The van der Waals surface area contributed by atoms with Crippen LogP contribution < -0.4 is 5.73 Å². The van der Waals surface area contributed by atoms with Crippen LogP contribution >= 0.6 is 11.6 Å². The quantitative estimate of drug-likeness (QED) is 0.372. The minimum atomic E-state index is -0.246. The van der Waals surface area contributed by atoms with Gasteiger partial charge in [-0.1, -0.05) is 23.7 Å². The van der Waals surface area contributed by atoms with E-state index in [4.69, 9.17) is 22.5 Å². The third kappa shape index (κ3) is 3.59. The molecule has 6 nitrogen and oxygen atoms in total. The zero-order chi connectivity index (χ0) is 13.7. The van der Waals surface area contributed by atoms with Crippen LogP contribution in [0.1, 0.15) is 17.4 Å². The van der Waals surface area contributed by atoms with Crippen LogP contribution in [0.5, 0.6) is 0 Å². The molecule has 0 aliphatic rings. The summed E-state index contributed by atoms with van der Waals surface area (Å²) in [6.07, 6.45) is 1.41. The Hall–Kier alpha value is -1.82. The molecule has 1 rings (SSSR count). The first-order valence-electron chi connectivity index (χ1n) is 5.30. The largest absolute Gasteiger partial charge is 0.409 e. The maximum Gasteiger partial charge on any atom is 0.272 e. The number of nitrogens with two attached hydrogens (primary N) is 1. The van der Waals surface area contributed by atoms with E-state index in [9.17, 15) is 4.79 Å². The Labute approximate surface area is 110 Å². The highest BCUT2D eigenvalue weighted by Crippen LogP contribution is 2.09. The van der Waals surface area contributed by atoms with E-state index in [-0.39, 0.29) is 17.7 Å². The highest BCUT2D eigenvalue weighted by Gasteiger charge is 2.17. The Morgan fingerprint density at radius 1 is 1.67 bits per heavy atom. The Balaban J connectivity index is 2.70. The molecule has 0 radical (unpaired) electrons. The number of rotatable bonds is 4. The summed E-state index contributed by atoms with van der Waals surface area (Å²) in [5.41, 5.74) is 5.75. The second kappa shape index (κ2) is 6.20. The summed E-state index contributed by atoms with van der Waals surface area (Å²) in [5.74, 6) is -0.403. The van der Waals surface area contributed by atoms with Gasteiger partial charge in [-0.3, -0.25) is 4.79 Å². The number of pyridine rings is 1. The molecule has 0 saturated carbocycles. The normalized spacial score (nSPS) is 13.2. The van der Waals surface area contributed by atoms with Crippen LogP contribution in [-0.2, 0) is 0 Å². The monoisotopic (exact) mass is 270 g/mol. The van der Waals surface area contributed by atoms with Gasteiger partial charge in [0, 0.05) is 25.7 Å². The lowest BCUT2D eigenvalue weighted by Gasteiger charge is -2.20. The van der Waals surface area contributed by atoms with Gasteiger partial charge in [-0.25, -0.2) is 4.98 Å². The van der Waals surface area contributed by atoms with Crippen molar-refractivity contribution in [2.24, 2.45) is 16.8 Å². The molecule has 1 atom stereocenters. The predicted molar refractivity (Wildman–Crippen MR) is 68.8 cm³/mol. The first-order valence-corrected chi connectivity index (χ1v) is 5.68. The second-order valence-corrected chi connectivity index (χ2v) is 4.41. The average molecular weight is 271 g/mol. The van der Waals surface area contributed by atoms with Gasteiger partial charge in [-0.05, 0) is 12.1 Å². The highest BCUT2D eigenvalue weighted by molar-refractivity contribution is 6.30. The van der Waals surface area contributed by atoms with E-state index in [0.29, 0.717) is 17.3 Å². The molecule has 0 aliphatic carbocycles. The van der Waals surface area contributed by atoms with E-state index in [1.165, 1.54) is 11.1 Å². The number of oxime groups is 1. The van der Waals surface area contributed by atoms with Crippen molar-refractivity contribution in [3.63, 3.8) is 0 Å². The number of carbonyl (C=O) groups excluding carboxylic acids is 1. The first kappa shape index (κ1) is 14.2. The third-order valence-electron chi connectivity index (χ3n) is 2.46. The smallest absolute Gasteiger partial charge is 0.272 e. The van der Waals surface area contributed by atoms with Crippen LogP contribution in [-0.4, -0.2) is 40.4 Å². The van der Waals surface area contributed by atoms with E-state index in [1.54, 1.807) is 26.1 Å². The van der Waals surface area contributed by atoms with Gasteiger partial charge >= 0.3 is 0 Å². The zero-order valence-electron chi connectivity index (χ0n) is 10.2. The lowest BCUT2D eigenvalue weighted by atomic mass is 10.1. The molecular weight excluding hydrogens is 256 g/mol. The third-order valence-corrected chi connectivity index (χ3v) is 2.68. The number of hydrogen-bond donors (Lipinski definition) is 2. The number of hydrogen-bond acceptors (Lipinski definition) is 4. The molecule has 1 heterocycles. The van der Waals surface area contributed by atoms with Crippen LogP contribution in [0.3, 0.4) is 0 Å². The van der Waals surface area contributed by atoms with Crippen molar-refractivity contribution in [1.29, 1.82) is 0 Å². The summed E-state index contributed by atoms with van der Waals surface area (Å²) in [5, 5.41) is 11.9. The molecule has 0 aromatic carbocycles. The topological polar surface area (TPSA) is 91.8 Å². The van der Waals surface area contributed by atoms with Crippen molar-refractivity contribution in [3.05, 3.63) is 29.0 Å². The Morgan fingerprint density at radius 3 is 2.83 bits per heavy atom. The van der Waals surface area contributed by atoms with Crippen LogP contribution in [0.4, 0.5) is 0 Å². The highest BCUT2D eigenvalue weighted by atomic mass is 35.5. The molecule has 0 spiro atoms. The van der Waals surface area contributed by atoms with Gasteiger partial charge in [-0.2, -0.15) is 0 Å². The SMILES string of the molecule is CC(CN(C)C(=O)c1ccc(Cl)cn1)C(N)=NO. The fourth-order valence-corrected chi connectivity index (χ4v) is 1.50. The summed E-state index contributed by atoms with van der Waals surface area (Å²) in [6, 6.07) is 3.15. The van der Waals surface area contributed by atoms with Gasteiger partial charge in [0.05, 0.1) is 5.02 Å². The summed E-state index contributed by atoms with van der Waals surface area (Å²) in [6.45, 7) is 2.09. The van der Waals surface area contributed by atoms with Gasteiger partial charge in [0.25, 0.3) is 5.91 Å². The van der Waals surface area contributed by atoms with Crippen molar-refractivity contribution in [1.82, 2.24) is 9.88 Å². The van der Waals surface area contributed by atoms with Crippen molar-refractivity contribution in [3.8, 4) is 0 Å². The van der Waals surface area contributed by atoms with Crippen molar-refractivity contribution in [2.75, 3.05) is 13.6 Å². The number of amidine groups is 1. The van der Waals surface area contributed by atoms with Crippen molar-refractivity contribution < 1.29 is 10.0 Å². The second-order valence-electron chi connectivity index (χ2n) is 3.97. The Bertz CT molecular complexity index is 447. The predicted octanol–water partition coefficient (Wildman–Crippen LogP) is 1.19. The zero-order valence-corrected chi connectivity index (χ0v) is 10.9. The van der Waals surface area contributed by atoms with Gasteiger partial charge < -0.3 is 15.8 Å². The summed E-state index contributed by atoms with van der Waals surface area (Å²) < 4.78 is 0. The Kier molecular flexibility index (Phi) is 4.91. The van der Waals surface area contributed by atoms with Gasteiger partial charge in [0.1, 0.15) is 11.5 Å². The number of carbonyl (C=O) groups is 1. The number of nitrogens with zero attached hydrogens (tertiary/aromatic N) is 3. The van der Waals surface area contributed by atoms with Crippen molar-refractivity contribution >= 4 is 23.3 Å². The van der Waals surface area contributed by atoms with Crippen LogP contribution in [0.15, 0.2) is 23.5 Å². The summed E-state index contributed by atoms with van der Waals surface area (Å²) >= 11 is 5.69. The molecule has 0 saturated heterocycles. The molecule has 18 heavy (non-hydrogen) atoms. The molecule has 3 N–H and O–H groups in total. The fourth-order valence-electron chi connectivity index (χ4n) is 1.38. The lowest BCUT2D eigenvalue weighted by Crippen LogP contribution is -2.36. The molecule has 1 aromatic rings. The summed E-state index contributed by atoms with van der Waals surface area (Å²) in [4.78, 5) is 17.4. The molecule has 0 aliphatic heterocycles. The maximum absolute atomic E-state index is 12.0. The van der Waals surface area contributed by atoms with Crippen molar-refractivity contribution in [2.45, 2.75) is 6.92 Å². The fraction of sp³-hybridized carbons (Fsp3) is 0.364. The first-order chi connectivity index (χ1) is 8.45. The standard InChI is InChI=1S/C11H15ClN4O2/c1-7(10(13)15-18)6-16(2)11(17)9-4-3-8(12)5-14-9/h3-5,7,18H,6H2,1-2H3,(H2,13,15). The van der Waals surface area contributed by atoms with E-state index in [0.717, 1.165) is 0 Å². The van der Waals surface area contributed by atoms with E-state index >= 15 is 0 Å². The van der Waals surface area contributed by atoms with Crippen LogP contribution in [0.25, 0.3) is 0 Å². The molecule has 0 bridgehead atoms. The minimum Gasteiger partial charge on any atom is -0.409 e. The average Bonchev–Trinajstić information content (AvgIpc) is 2.37. The van der Waals surface area contributed by atoms with E-state index in [1.807, 2.05) is 0 Å². The number of amides is 1. The van der Waals surface area contributed by atoms with Gasteiger partial charge in [0.15, 0.2) is 0 Å². The molecule has 7 heteroatoms. The molecule has 98 valence electrons. The van der Waals surface area contributed by atoms with Gasteiger partial charge in [-0.15, -0.1) is 0 Å². The molecule has 0 fully saturated rings. The lowest BCUT2D eigenvalue weighted by molar-refractivity contribution is 0.0780. The maximum atomic E-state index is 12.0. The molecular formula is C11H15ClN4O2. The number of aromatic nitrogens is 1. The molecule has 1 amide bonds. The minimum absolute atomic E-state index is 0.0821. The van der Waals surface area contributed by atoms with Gasteiger partial charge in [0.2, 0.25) is 0 Å². The molecule has 1 aromatic heterocycles. The number of halogens is 1. The van der Waals surface area contributed by atoms with Crippen LogP contribution in [0, 0.1) is 5.92 Å².